The van der Waals surface area contributed by atoms with Crippen molar-refractivity contribution in [1.82, 2.24) is 15.0 Å². The molecule has 1 aliphatic heterocycles. The molecular weight excluding hydrogens is 320 g/mol. The maximum Gasteiger partial charge on any atom is 0.299 e. The number of fused-ring (bicyclic) bond motifs is 1. The van der Waals surface area contributed by atoms with Gasteiger partial charge in [0, 0.05) is 19.3 Å². The van der Waals surface area contributed by atoms with Gasteiger partial charge in [-0.05, 0) is 25.0 Å². The molecule has 126 valence electrons. The minimum absolute atomic E-state index is 0.401. The number of unbranched alkanes of at least 4 members (excludes halogenated alkanes) is 1. The lowest BCUT2D eigenvalue weighted by atomic mass is 10.1. The van der Waals surface area contributed by atoms with Gasteiger partial charge in [0.05, 0.1) is 16.6 Å². The first-order valence-corrected chi connectivity index (χ1v) is 11.7. The SMILES string of the molecule is C[Si](C)(C)c1cn(CCCCN2C(=O)C(=O)c3ccccc32)nn1. The summed E-state index contributed by atoms with van der Waals surface area (Å²) in [5.74, 6) is -0.820. The summed E-state index contributed by atoms with van der Waals surface area (Å²) in [6.07, 6.45) is 3.73. The molecule has 1 aromatic heterocycles. The number of nitrogens with zero attached hydrogens (tertiary/aromatic N) is 4. The fourth-order valence-electron chi connectivity index (χ4n) is 2.77. The summed E-state index contributed by atoms with van der Waals surface area (Å²) in [6, 6.07) is 7.18. The molecule has 6 nitrogen and oxygen atoms in total. The summed E-state index contributed by atoms with van der Waals surface area (Å²) in [4.78, 5) is 25.6. The quantitative estimate of drug-likeness (QED) is 0.456. The van der Waals surface area contributed by atoms with E-state index in [2.05, 4.69) is 30.0 Å². The number of anilines is 1. The van der Waals surface area contributed by atoms with Crippen molar-refractivity contribution in [2.75, 3.05) is 11.4 Å². The lowest BCUT2D eigenvalue weighted by Crippen LogP contribution is -2.38. The molecule has 0 spiro atoms. The zero-order valence-corrected chi connectivity index (χ0v) is 15.3. The number of benzene rings is 1. The van der Waals surface area contributed by atoms with Crippen molar-refractivity contribution in [3.05, 3.63) is 36.0 Å². The normalized spacial score (nSPS) is 14.4. The number of para-hydroxylation sites is 1. The van der Waals surface area contributed by atoms with Crippen LogP contribution in [0, 0.1) is 0 Å². The molecule has 0 atom stereocenters. The second-order valence-electron chi connectivity index (χ2n) is 7.13. The minimum Gasteiger partial charge on any atom is -0.305 e. The van der Waals surface area contributed by atoms with Crippen LogP contribution in [0.3, 0.4) is 0 Å². The average Bonchev–Trinajstić information content (AvgIpc) is 3.10. The van der Waals surface area contributed by atoms with Gasteiger partial charge < -0.3 is 4.90 Å². The maximum atomic E-state index is 12.1. The van der Waals surface area contributed by atoms with Crippen LogP contribution in [-0.2, 0) is 11.3 Å². The number of hydrogen-bond donors (Lipinski definition) is 0. The molecule has 1 aliphatic rings. The number of aromatic nitrogens is 3. The monoisotopic (exact) mass is 342 g/mol. The fourth-order valence-corrected chi connectivity index (χ4v) is 3.65. The number of aryl methyl sites for hydroxylation is 1. The fraction of sp³-hybridized carbons (Fsp3) is 0.412. The Kier molecular flexibility index (Phi) is 4.36. The van der Waals surface area contributed by atoms with E-state index in [1.54, 1.807) is 17.0 Å². The van der Waals surface area contributed by atoms with Crippen LogP contribution in [0.2, 0.25) is 19.6 Å². The van der Waals surface area contributed by atoms with E-state index in [9.17, 15) is 9.59 Å². The Balaban J connectivity index is 1.55. The van der Waals surface area contributed by atoms with Crippen LogP contribution >= 0.6 is 0 Å². The molecule has 24 heavy (non-hydrogen) atoms. The van der Waals surface area contributed by atoms with E-state index < -0.39 is 19.8 Å². The Morgan fingerprint density at radius 1 is 1.04 bits per heavy atom. The molecule has 0 saturated carbocycles. The molecule has 1 amide bonds. The van der Waals surface area contributed by atoms with Crippen LogP contribution in [0.25, 0.3) is 0 Å². The lowest BCUT2D eigenvalue weighted by molar-refractivity contribution is -0.114. The van der Waals surface area contributed by atoms with Crippen LogP contribution < -0.4 is 10.2 Å². The molecule has 0 bridgehead atoms. The molecule has 2 aromatic rings. The van der Waals surface area contributed by atoms with Gasteiger partial charge in [-0.1, -0.05) is 37.0 Å². The van der Waals surface area contributed by atoms with Crippen molar-refractivity contribution < 1.29 is 9.59 Å². The molecule has 0 N–H and O–H groups in total. The van der Waals surface area contributed by atoms with Crippen molar-refractivity contribution in [3.8, 4) is 0 Å². The van der Waals surface area contributed by atoms with Gasteiger partial charge in [-0.3, -0.25) is 14.3 Å². The van der Waals surface area contributed by atoms with E-state index >= 15 is 0 Å². The van der Waals surface area contributed by atoms with E-state index in [-0.39, 0.29) is 0 Å². The van der Waals surface area contributed by atoms with Gasteiger partial charge in [0.2, 0.25) is 0 Å². The highest BCUT2D eigenvalue weighted by Crippen LogP contribution is 2.28. The lowest BCUT2D eigenvalue weighted by Gasteiger charge is -2.16. The summed E-state index contributed by atoms with van der Waals surface area (Å²) >= 11 is 0. The van der Waals surface area contributed by atoms with Crippen molar-refractivity contribution in [2.24, 2.45) is 0 Å². The van der Waals surface area contributed by atoms with Gasteiger partial charge in [0.25, 0.3) is 11.7 Å². The zero-order valence-electron chi connectivity index (χ0n) is 14.3. The molecule has 7 heteroatoms. The first kappa shape index (κ1) is 16.6. The van der Waals surface area contributed by atoms with Gasteiger partial charge in [-0.15, -0.1) is 5.10 Å². The van der Waals surface area contributed by atoms with Crippen molar-refractivity contribution in [2.45, 2.75) is 39.0 Å². The van der Waals surface area contributed by atoms with Crippen LogP contribution in [0.5, 0.6) is 0 Å². The van der Waals surface area contributed by atoms with E-state index in [4.69, 9.17) is 0 Å². The summed E-state index contributed by atoms with van der Waals surface area (Å²) in [6.45, 7) is 8.06. The highest BCUT2D eigenvalue weighted by molar-refractivity contribution is 6.88. The van der Waals surface area contributed by atoms with Crippen LogP contribution in [0.4, 0.5) is 5.69 Å². The highest BCUT2D eigenvalue weighted by Gasteiger charge is 2.34. The van der Waals surface area contributed by atoms with Gasteiger partial charge in [0.15, 0.2) is 0 Å². The number of ketones is 1. The molecule has 0 fully saturated rings. The third kappa shape index (κ3) is 3.16. The first-order chi connectivity index (χ1) is 11.4. The molecular formula is C17H22N4O2Si. The Hall–Kier alpha value is -2.28. The summed E-state index contributed by atoms with van der Waals surface area (Å²) in [5.41, 5.74) is 1.24. The van der Waals surface area contributed by atoms with Crippen LogP contribution in [-0.4, -0.2) is 41.3 Å². The minimum atomic E-state index is -1.42. The van der Waals surface area contributed by atoms with E-state index in [1.165, 1.54) is 0 Å². The third-order valence-electron chi connectivity index (χ3n) is 4.20. The summed E-state index contributed by atoms with van der Waals surface area (Å²) in [7, 11) is -1.42. The Bertz CT molecular complexity index is 779. The maximum absolute atomic E-state index is 12.1. The number of carbonyl (C=O) groups excluding carboxylic acids is 2. The van der Waals surface area contributed by atoms with Crippen molar-refractivity contribution in [3.63, 3.8) is 0 Å². The standard InChI is InChI=1S/C17H22N4O2Si/c1-24(2,3)15-12-20(19-18-15)10-6-7-11-21-14-9-5-4-8-13(14)16(22)17(21)23/h4-5,8-9,12H,6-7,10-11H2,1-3H3. The number of carbonyl (C=O) groups is 2. The van der Waals surface area contributed by atoms with Gasteiger partial charge in [-0.25, -0.2) is 0 Å². The molecule has 0 unspecified atom stereocenters. The number of Topliss-reactive ketones (excluding diaryl/α,β-unsaturated/α-hetero) is 1. The van der Waals surface area contributed by atoms with E-state index in [0.29, 0.717) is 12.1 Å². The molecule has 2 heterocycles. The number of hydrogen-bond acceptors (Lipinski definition) is 4. The second kappa shape index (κ2) is 6.31. The van der Waals surface area contributed by atoms with Crippen LogP contribution in [0.15, 0.2) is 30.5 Å². The van der Waals surface area contributed by atoms with Gasteiger partial charge in [0.1, 0.15) is 8.07 Å². The summed E-state index contributed by atoms with van der Waals surface area (Å²) in [5, 5.41) is 9.55. The molecule has 0 saturated heterocycles. The molecule has 3 rings (SSSR count). The molecule has 0 radical (unpaired) electrons. The van der Waals surface area contributed by atoms with Gasteiger partial charge >= 0.3 is 0 Å². The van der Waals surface area contributed by atoms with Crippen LogP contribution in [0.1, 0.15) is 23.2 Å². The molecule has 1 aromatic carbocycles. The Morgan fingerprint density at radius 2 is 1.75 bits per heavy atom. The zero-order chi connectivity index (χ0) is 17.3. The first-order valence-electron chi connectivity index (χ1n) is 8.24. The number of amides is 1. The second-order valence-corrected chi connectivity index (χ2v) is 12.1. The van der Waals surface area contributed by atoms with Crippen molar-refractivity contribution in [1.29, 1.82) is 0 Å². The Labute approximate surface area is 142 Å². The Morgan fingerprint density at radius 3 is 2.46 bits per heavy atom. The topological polar surface area (TPSA) is 68.1 Å². The van der Waals surface area contributed by atoms with Gasteiger partial charge in [-0.2, -0.15) is 0 Å². The predicted molar refractivity (Wildman–Crippen MR) is 95.4 cm³/mol. The third-order valence-corrected chi connectivity index (χ3v) is 5.97. The van der Waals surface area contributed by atoms with E-state index in [1.807, 2.05) is 23.0 Å². The number of rotatable bonds is 6. The highest BCUT2D eigenvalue weighted by atomic mass is 28.3. The van der Waals surface area contributed by atoms with Crippen molar-refractivity contribution >= 4 is 30.8 Å². The average molecular weight is 342 g/mol. The summed E-state index contributed by atoms with van der Waals surface area (Å²) < 4.78 is 1.87. The largest absolute Gasteiger partial charge is 0.305 e. The predicted octanol–water partition coefficient (Wildman–Crippen LogP) is 1.83. The molecule has 0 aliphatic carbocycles. The smallest absolute Gasteiger partial charge is 0.299 e. The van der Waals surface area contributed by atoms with E-state index in [0.717, 1.165) is 30.4 Å².